The minimum Gasteiger partial charge on any atom is -0.378 e. The number of benzene rings is 1. The van der Waals surface area contributed by atoms with Crippen LogP contribution in [0.1, 0.15) is 30.6 Å². The molecule has 2 aliphatic rings. The van der Waals surface area contributed by atoms with Crippen molar-refractivity contribution in [2.45, 2.75) is 35.0 Å². The van der Waals surface area contributed by atoms with Crippen LogP contribution in [0.5, 0.6) is 0 Å². The first-order chi connectivity index (χ1) is 10.1. The third kappa shape index (κ3) is 2.09. The number of anilines is 1. The lowest BCUT2D eigenvalue weighted by Gasteiger charge is -2.07. The molecule has 1 saturated carbocycles. The summed E-state index contributed by atoms with van der Waals surface area (Å²) < 4.78 is 15.8. The molecule has 0 radical (unpaired) electrons. The molecule has 1 fully saturated rings. The van der Waals surface area contributed by atoms with Gasteiger partial charge in [-0.2, -0.15) is 0 Å². The first-order valence-electron chi connectivity index (χ1n) is 6.41. The molecule has 2 heterocycles. The van der Waals surface area contributed by atoms with Crippen molar-refractivity contribution in [1.29, 1.82) is 0 Å². The van der Waals surface area contributed by atoms with Gasteiger partial charge in [0.1, 0.15) is 5.82 Å². The summed E-state index contributed by atoms with van der Waals surface area (Å²) >= 11 is 1.10. The van der Waals surface area contributed by atoms with Gasteiger partial charge in [0.15, 0.2) is 6.10 Å². The zero-order valence-corrected chi connectivity index (χ0v) is 11.5. The Morgan fingerprint density at radius 3 is 3.00 bits per heavy atom. The summed E-state index contributed by atoms with van der Waals surface area (Å²) in [6.07, 6.45) is 0.728. The van der Waals surface area contributed by atoms with Crippen LogP contribution in [0, 0.1) is 5.82 Å². The highest BCUT2D eigenvalue weighted by Crippen LogP contribution is 2.41. The van der Waals surface area contributed by atoms with Crippen LogP contribution in [-0.2, 0) is 4.79 Å². The van der Waals surface area contributed by atoms with Crippen molar-refractivity contribution < 1.29 is 14.3 Å². The minimum atomic E-state index is -1.31. The number of nitrogens with one attached hydrogen (secondary N) is 1. The standard InChI is InChI=1S/C12H10FN5O2S/c13-7-3-6-8(14-11(20)10(6)19)4-9(7)21-12-15-16-17-18(12)5-1-2-5/h3-5,10,19H,1-2H2,(H,14,20). The summed E-state index contributed by atoms with van der Waals surface area (Å²) in [6, 6.07) is 2.96. The van der Waals surface area contributed by atoms with Gasteiger partial charge >= 0.3 is 0 Å². The number of amides is 1. The van der Waals surface area contributed by atoms with E-state index in [0.717, 1.165) is 24.6 Å². The molecule has 1 aliphatic carbocycles. The van der Waals surface area contributed by atoms with E-state index in [9.17, 15) is 14.3 Å². The van der Waals surface area contributed by atoms with Crippen molar-refractivity contribution >= 4 is 23.4 Å². The molecule has 1 aromatic heterocycles. The molecule has 1 atom stereocenters. The SMILES string of the molecule is O=C1Nc2cc(Sc3nnnn3C3CC3)c(F)cc2C1O. The van der Waals surface area contributed by atoms with Crippen molar-refractivity contribution in [1.82, 2.24) is 20.2 Å². The van der Waals surface area contributed by atoms with E-state index >= 15 is 0 Å². The predicted molar refractivity (Wildman–Crippen MR) is 70.2 cm³/mol. The van der Waals surface area contributed by atoms with E-state index in [2.05, 4.69) is 20.8 Å². The normalized spacial score (nSPS) is 20.5. The van der Waals surface area contributed by atoms with Crippen LogP contribution in [0.15, 0.2) is 22.2 Å². The fourth-order valence-corrected chi connectivity index (χ4v) is 3.11. The molecular weight excluding hydrogens is 297 g/mol. The van der Waals surface area contributed by atoms with Crippen LogP contribution in [0.4, 0.5) is 10.1 Å². The van der Waals surface area contributed by atoms with Crippen LogP contribution in [0.2, 0.25) is 0 Å². The Labute approximate surface area is 122 Å². The lowest BCUT2D eigenvalue weighted by Crippen LogP contribution is -2.10. The number of tetrazole rings is 1. The van der Waals surface area contributed by atoms with Crippen molar-refractivity contribution in [2.24, 2.45) is 0 Å². The maximum absolute atomic E-state index is 14.1. The quantitative estimate of drug-likeness (QED) is 0.887. The van der Waals surface area contributed by atoms with Crippen molar-refractivity contribution in [2.75, 3.05) is 5.32 Å². The van der Waals surface area contributed by atoms with Crippen LogP contribution < -0.4 is 5.32 Å². The van der Waals surface area contributed by atoms with Gasteiger partial charge in [-0.15, -0.1) is 5.10 Å². The average molecular weight is 307 g/mol. The second-order valence-corrected chi connectivity index (χ2v) is 6.01. The number of carbonyl (C=O) groups is 1. The maximum Gasteiger partial charge on any atom is 0.257 e. The van der Waals surface area contributed by atoms with Crippen LogP contribution >= 0.6 is 11.8 Å². The summed E-state index contributed by atoms with van der Waals surface area (Å²) in [5, 5.41) is 24.1. The van der Waals surface area contributed by atoms with E-state index in [4.69, 9.17) is 0 Å². The Bertz CT molecular complexity index is 745. The van der Waals surface area contributed by atoms with Gasteiger partial charge in [-0.3, -0.25) is 4.79 Å². The van der Waals surface area contributed by atoms with Gasteiger partial charge in [0.2, 0.25) is 5.16 Å². The third-order valence-electron chi connectivity index (χ3n) is 3.46. The molecule has 7 nitrogen and oxygen atoms in total. The van der Waals surface area contributed by atoms with Gasteiger partial charge in [-0.25, -0.2) is 9.07 Å². The molecule has 1 unspecified atom stereocenters. The van der Waals surface area contributed by atoms with Gasteiger partial charge in [-0.05, 0) is 47.2 Å². The number of aromatic nitrogens is 4. The Balaban J connectivity index is 1.68. The number of aliphatic hydroxyl groups is 1. The molecule has 21 heavy (non-hydrogen) atoms. The number of fused-ring (bicyclic) bond motifs is 1. The highest BCUT2D eigenvalue weighted by atomic mass is 32.2. The number of hydrogen-bond donors (Lipinski definition) is 2. The molecule has 1 aliphatic heterocycles. The zero-order chi connectivity index (χ0) is 14.6. The predicted octanol–water partition coefficient (Wildman–Crippen LogP) is 1.28. The first-order valence-corrected chi connectivity index (χ1v) is 7.23. The molecule has 9 heteroatoms. The Hall–Kier alpha value is -2.00. The molecule has 0 spiro atoms. The number of halogens is 1. The second kappa shape index (κ2) is 4.50. The lowest BCUT2D eigenvalue weighted by atomic mass is 10.1. The van der Waals surface area contributed by atoms with Gasteiger partial charge < -0.3 is 10.4 Å². The summed E-state index contributed by atoms with van der Waals surface area (Å²) in [5.41, 5.74) is 0.672. The van der Waals surface area contributed by atoms with E-state index in [1.54, 1.807) is 4.68 Å². The van der Waals surface area contributed by atoms with Crippen molar-refractivity contribution in [3.8, 4) is 0 Å². The van der Waals surface area contributed by atoms with E-state index in [0.29, 0.717) is 21.8 Å². The Morgan fingerprint density at radius 1 is 1.43 bits per heavy atom. The molecule has 0 saturated heterocycles. The summed E-state index contributed by atoms with van der Waals surface area (Å²) in [6.45, 7) is 0. The third-order valence-corrected chi connectivity index (χ3v) is 4.45. The second-order valence-electron chi connectivity index (χ2n) is 5.00. The monoisotopic (exact) mass is 307 g/mol. The number of rotatable bonds is 3. The number of hydrogen-bond acceptors (Lipinski definition) is 6. The molecule has 4 rings (SSSR count). The Morgan fingerprint density at radius 2 is 2.24 bits per heavy atom. The number of aliphatic hydroxyl groups excluding tert-OH is 1. The largest absolute Gasteiger partial charge is 0.378 e. The minimum absolute atomic E-state index is 0.253. The van der Waals surface area contributed by atoms with Crippen LogP contribution in [-0.4, -0.2) is 31.2 Å². The maximum atomic E-state index is 14.1. The smallest absolute Gasteiger partial charge is 0.257 e. The van der Waals surface area contributed by atoms with Gasteiger partial charge in [0, 0.05) is 11.3 Å². The van der Waals surface area contributed by atoms with Gasteiger partial charge in [0.05, 0.1) is 10.9 Å². The van der Waals surface area contributed by atoms with Crippen molar-refractivity contribution in [3.05, 3.63) is 23.5 Å². The summed E-state index contributed by atoms with van der Waals surface area (Å²) in [4.78, 5) is 11.7. The average Bonchev–Trinajstić information content (AvgIpc) is 3.14. The fourth-order valence-electron chi connectivity index (χ4n) is 2.22. The lowest BCUT2D eigenvalue weighted by molar-refractivity contribution is -0.123. The first kappa shape index (κ1) is 12.7. The van der Waals surface area contributed by atoms with Gasteiger partial charge in [0.25, 0.3) is 5.91 Å². The van der Waals surface area contributed by atoms with E-state index in [-0.39, 0.29) is 5.56 Å². The molecule has 2 N–H and O–H groups in total. The topological polar surface area (TPSA) is 92.9 Å². The molecule has 1 aromatic carbocycles. The summed E-state index contributed by atoms with van der Waals surface area (Å²) in [7, 11) is 0. The fraction of sp³-hybridized carbons (Fsp3) is 0.333. The van der Waals surface area contributed by atoms with E-state index in [1.807, 2.05) is 0 Å². The molecule has 1 amide bonds. The highest BCUT2D eigenvalue weighted by Gasteiger charge is 2.31. The number of carbonyl (C=O) groups excluding carboxylic acids is 1. The molecule has 2 aromatic rings. The Kier molecular flexibility index (Phi) is 2.73. The van der Waals surface area contributed by atoms with Crippen LogP contribution in [0.25, 0.3) is 0 Å². The molecule has 0 bridgehead atoms. The summed E-state index contributed by atoms with van der Waals surface area (Å²) in [5.74, 6) is -1.06. The van der Waals surface area contributed by atoms with Gasteiger partial charge in [-0.1, -0.05) is 0 Å². The zero-order valence-electron chi connectivity index (χ0n) is 10.7. The number of nitrogens with zero attached hydrogens (tertiary/aromatic N) is 4. The molecule has 108 valence electrons. The highest BCUT2D eigenvalue weighted by molar-refractivity contribution is 7.99. The molecular formula is C12H10FN5O2S. The van der Waals surface area contributed by atoms with Crippen LogP contribution in [0.3, 0.4) is 0 Å². The van der Waals surface area contributed by atoms with Crippen molar-refractivity contribution in [3.63, 3.8) is 0 Å². The van der Waals surface area contributed by atoms with E-state index < -0.39 is 17.8 Å². The van der Waals surface area contributed by atoms with E-state index in [1.165, 1.54) is 12.1 Å².